The molecule has 0 aliphatic heterocycles. The van der Waals surface area contributed by atoms with E-state index < -0.39 is 0 Å². The lowest BCUT2D eigenvalue weighted by atomic mass is 10.2. The fraction of sp³-hybridized carbons (Fsp3) is 0.500. The average molecular weight is 288 g/mol. The topological polar surface area (TPSA) is 72.9 Å². The summed E-state index contributed by atoms with van der Waals surface area (Å²) in [6.07, 6.45) is 2.99. The molecule has 1 aromatic heterocycles. The number of carbonyl (C=O) groups is 1. The van der Waals surface area contributed by atoms with Crippen LogP contribution in [0.4, 0.5) is 0 Å². The number of benzene rings is 1. The molecule has 0 radical (unpaired) electrons. The van der Waals surface area contributed by atoms with Gasteiger partial charge in [0.25, 0.3) is 0 Å². The number of fused-ring (bicyclic) bond motifs is 1. The molecule has 0 saturated heterocycles. The van der Waals surface area contributed by atoms with Gasteiger partial charge in [-0.1, -0.05) is 12.1 Å². The zero-order valence-electron chi connectivity index (χ0n) is 12.8. The van der Waals surface area contributed by atoms with Gasteiger partial charge in [0.2, 0.25) is 5.91 Å². The number of rotatable bonds is 7. The number of nitrogens with zero attached hydrogens (tertiary/aromatic N) is 2. The van der Waals surface area contributed by atoms with Crippen LogP contribution in [0.1, 0.15) is 32.0 Å². The van der Waals surface area contributed by atoms with Crippen LogP contribution in [0.15, 0.2) is 24.3 Å². The molecule has 0 spiro atoms. The highest BCUT2D eigenvalue weighted by Gasteiger charge is 2.07. The van der Waals surface area contributed by atoms with Gasteiger partial charge in [0.1, 0.15) is 5.82 Å². The summed E-state index contributed by atoms with van der Waals surface area (Å²) in [5.41, 5.74) is 7.80. The van der Waals surface area contributed by atoms with Crippen molar-refractivity contribution in [2.24, 2.45) is 12.8 Å². The molecule has 5 nitrogen and oxygen atoms in total. The van der Waals surface area contributed by atoms with Crippen LogP contribution in [0.5, 0.6) is 0 Å². The summed E-state index contributed by atoms with van der Waals surface area (Å²) in [6.45, 7) is 2.60. The highest BCUT2D eigenvalue weighted by molar-refractivity contribution is 5.76. The number of aromatic nitrogens is 2. The Morgan fingerprint density at radius 1 is 1.43 bits per heavy atom. The van der Waals surface area contributed by atoms with Gasteiger partial charge in [0.05, 0.1) is 11.0 Å². The summed E-state index contributed by atoms with van der Waals surface area (Å²) in [5, 5.41) is 2.93. The van der Waals surface area contributed by atoms with Crippen LogP contribution in [0.3, 0.4) is 0 Å². The molecule has 2 aromatic rings. The third kappa shape index (κ3) is 4.29. The molecule has 114 valence electrons. The molecule has 0 saturated carbocycles. The molecular weight excluding hydrogens is 264 g/mol. The SMILES string of the molecule is CC(N)CCC(=O)NCCCc1nc2ccccc2n1C. The number of imidazole rings is 1. The van der Waals surface area contributed by atoms with Crippen LogP contribution in [0.2, 0.25) is 0 Å². The average Bonchev–Trinajstić information content (AvgIpc) is 2.78. The minimum Gasteiger partial charge on any atom is -0.356 e. The minimum absolute atomic E-state index is 0.0794. The minimum atomic E-state index is 0.0794. The number of amides is 1. The van der Waals surface area contributed by atoms with Gasteiger partial charge in [0.15, 0.2) is 0 Å². The Kier molecular flexibility index (Phi) is 5.33. The van der Waals surface area contributed by atoms with E-state index in [4.69, 9.17) is 5.73 Å². The highest BCUT2D eigenvalue weighted by Crippen LogP contribution is 2.14. The fourth-order valence-corrected chi connectivity index (χ4v) is 2.34. The van der Waals surface area contributed by atoms with E-state index in [1.165, 1.54) is 0 Å². The van der Waals surface area contributed by atoms with Gasteiger partial charge in [0, 0.05) is 32.5 Å². The summed E-state index contributed by atoms with van der Waals surface area (Å²) < 4.78 is 2.12. The second kappa shape index (κ2) is 7.22. The first kappa shape index (κ1) is 15.5. The van der Waals surface area contributed by atoms with Gasteiger partial charge in [-0.15, -0.1) is 0 Å². The Labute approximate surface area is 125 Å². The molecule has 0 aliphatic carbocycles. The monoisotopic (exact) mass is 288 g/mol. The summed E-state index contributed by atoms with van der Waals surface area (Å²) in [5.74, 6) is 1.14. The zero-order chi connectivity index (χ0) is 15.2. The highest BCUT2D eigenvalue weighted by atomic mass is 16.1. The molecular formula is C16H24N4O. The Hall–Kier alpha value is -1.88. The third-order valence-electron chi connectivity index (χ3n) is 3.61. The van der Waals surface area contributed by atoms with Crippen molar-refractivity contribution in [2.75, 3.05) is 6.54 Å². The molecule has 0 fully saturated rings. The van der Waals surface area contributed by atoms with E-state index in [9.17, 15) is 4.79 Å². The van der Waals surface area contributed by atoms with Crippen LogP contribution in [-0.2, 0) is 18.3 Å². The first-order chi connectivity index (χ1) is 10.1. The van der Waals surface area contributed by atoms with E-state index in [-0.39, 0.29) is 11.9 Å². The molecule has 0 aliphatic rings. The lowest BCUT2D eigenvalue weighted by molar-refractivity contribution is -0.121. The fourth-order valence-electron chi connectivity index (χ4n) is 2.34. The smallest absolute Gasteiger partial charge is 0.220 e. The lowest BCUT2D eigenvalue weighted by Gasteiger charge is -2.07. The van der Waals surface area contributed by atoms with E-state index in [2.05, 4.69) is 20.9 Å². The number of aryl methyl sites for hydroxylation is 2. The van der Waals surface area contributed by atoms with Crippen molar-refractivity contribution in [3.63, 3.8) is 0 Å². The van der Waals surface area contributed by atoms with Crippen LogP contribution in [0.25, 0.3) is 11.0 Å². The van der Waals surface area contributed by atoms with Crippen molar-refractivity contribution in [1.82, 2.24) is 14.9 Å². The van der Waals surface area contributed by atoms with E-state index in [1.54, 1.807) is 0 Å². The maximum Gasteiger partial charge on any atom is 0.220 e. The lowest BCUT2D eigenvalue weighted by Crippen LogP contribution is -2.27. The second-order valence-electron chi connectivity index (χ2n) is 5.55. The summed E-state index contributed by atoms with van der Waals surface area (Å²) in [7, 11) is 2.03. The normalized spacial score (nSPS) is 12.5. The van der Waals surface area contributed by atoms with Crippen molar-refractivity contribution < 1.29 is 4.79 Å². The number of para-hydroxylation sites is 2. The largest absolute Gasteiger partial charge is 0.356 e. The van der Waals surface area contributed by atoms with Gasteiger partial charge in [-0.05, 0) is 31.9 Å². The molecule has 1 amide bonds. The van der Waals surface area contributed by atoms with Gasteiger partial charge in [-0.25, -0.2) is 4.98 Å². The Bertz CT molecular complexity index is 603. The van der Waals surface area contributed by atoms with Gasteiger partial charge >= 0.3 is 0 Å². The molecule has 2 rings (SSSR count). The van der Waals surface area contributed by atoms with E-state index in [0.29, 0.717) is 13.0 Å². The summed E-state index contributed by atoms with van der Waals surface area (Å²) in [4.78, 5) is 16.2. The van der Waals surface area contributed by atoms with Crippen molar-refractivity contribution in [1.29, 1.82) is 0 Å². The molecule has 3 N–H and O–H groups in total. The van der Waals surface area contributed by atoms with Gasteiger partial charge in [-0.2, -0.15) is 0 Å². The van der Waals surface area contributed by atoms with Crippen LogP contribution >= 0.6 is 0 Å². The first-order valence-electron chi connectivity index (χ1n) is 7.50. The van der Waals surface area contributed by atoms with Gasteiger partial charge in [-0.3, -0.25) is 4.79 Å². The van der Waals surface area contributed by atoms with E-state index in [0.717, 1.165) is 36.1 Å². The molecule has 1 heterocycles. The Morgan fingerprint density at radius 3 is 2.90 bits per heavy atom. The van der Waals surface area contributed by atoms with Crippen molar-refractivity contribution in [2.45, 2.75) is 38.6 Å². The van der Waals surface area contributed by atoms with Crippen LogP contribution in [-0.4, -0.2) is 28.0 Å². The maximum absolute atomic E-state index is 11.6. The third-order valence-corrected chi connectivity index (χ3v) is 3.61. The summed E-state index contributed by atoms with van der Waals surface area (Å²) >= 11 is 0. The molecule has 21 heavy (non-hydrogen) atoms. The number of hydrogen-bond acceptors (Lipinski definition) is 3. The number of nitrogens with two attached hydrogens (primary N) is 1. The van der Waals surface area contributed by atoms with Crippen molar-refractivity contribution in [3.05, 3.63) is 30.1 Å². The number of hydrogen-bond donors (Lipinski definition) is 2. The second-order valence-corrected chi connectivity index (χ2v) is 5.55. The summed E-state index contributed by atoms with van der Waals surface area (Å²) in [6, 6.07) is 8.19. The van der Waals surface area contributed by atoms with E-state index >= 15 is 0 Å². The molecule has 0 bridgehead atoms. The molecule has 1 atom stereocenters. The predicted molar refractivity (Wildman–Crippen MR) is 84.9 cm³/mol. The van der Waals surface area contributed by atoms with E-state index in [1.807, 2.05) is 32.2 Å². The molecule has 1 aromatic carbocycles. The van der Waals surface area contributed by atoms with Gasteiger partial charge < -0.3 is 15.6 Å². The zero-order valence-corrected chi connectivity index (χ0v) is 12.8. The predicted octanol–water partition coefficient (Wildman–Crippen LogP) is 1.75. The van der Waals surface area contributed by atoms with Crippen molar-refractivity contribution in [3.8, 4) is 0 Å². The number of carbonyl (C=O) groups excluding carboxylic acids is 1. The number of nitrogens with one attached hydrogen (secondary N) is 1. The molecule has 5 heteroatoms. The quantitative estimate of drug-likeness (QED) is 0.762. The molecule has 1 unspecified atom stereocenters. The van der Waals surface area contributed by atoms with Crippen LogP contribution in [0, 0.1) is 0 Å². The Balaban J connectivity index is 1.78. The maximum atomic E-state index is 11.6. The Morgan fingerprint density at radius 2 is 2.19 bits per heavy atom. The van der Waals surface area contributed by atoms with Crippen molar-refractivity contribution >= 4 is 16.9 Å². The standard InChI is InChI=1S/C16H24N4O/c1-12(17)9-10-16(21)18-11-5-8-15-19-13-6-3-4-7-14(13)20(15)2/h3-4,6-7,12H,5,8-11,17H2,1-2H3,(H,18,21). The van der Waals surface area contributed by atoms with Crippen LogP contribution < -0.4 is 11.1 Å². The first-order valence-corrected chi connectivity index (χ1v) is 7.50.